The molecule has 12 heteroatoms. The highest BCUT2D eigenvalue weighted by Gasteiger charge is 2.68. The van der Waals surface area contributed by atoms with Gasteiger partial charge in [-0.3, -0.25) is 0 Å². The van der Waals surface area contributed by atoms with E-state index in [1.807, 2.05) is 31.2 Å². The monoisotopic (exact) mass is 566 g/mol. The van der Waals surface area contributed by atoms with Crippen LogP contribution in [0.3, 0.4) is 0 Å². The third kappa shape index (κ3) is 9.26. The fourth-order valence-electron chi connectivity index (χ4n) is 3.54. The number of rotatable bonds is 11. The molecule has 218 valence electrons. The minimum atomic E-state index is -5.49. The number of aliphatic hydroxyl groups is 2. The zero-order valence-electron chi connectivity index (χ0n) is 21.5. The maximum Gasteiger partial charge on any atom is 0.406 e. The second-order valence-corrected chi connectivity index (χ2v) is 9.77. The largest absolute Gasteiger partial charge is 0.491 e. The highest BCUT2D eigenvalue weighted by Crippen LogP contribution is 2.51. The molecule has 6 nitrogen and oxygen atoms in total. The van der Waals surface area contributed by atoms with E-state index in [1.54, 1.807) is 0 Å². The first-order valence-electron chi connectivity index (χ1n) is 12.3. The number of hydrogen-bond acceptors (Lipinski definition) is 6. The SMILES string of the molecule is CC(c1ccc(OCC(O)CC2CO2)cc1)(C(F)(F)F)C(F)(F)F.Cc1ccc(OCC(O)CC2CO2)cc1. The smallest absolute Gasteiger partial charge is 0.406 e. The van der Waals surface area contributed by atoms with Crippen LogP contribution in [0.1, 0.15) is 30.9 Å². The summed E-state index contributed by atoms with van der Waals surface area (Å²) in [6.45, 7) is 3.67. The van der Waals surface area contributed by atoms with E-state index in [0.717, 1.165) is 36.6 Å². The van der Waals surface area contributed by atoms with Crippen LogP contribution in [0.5, 0.6) is 11.5 Å². The van der Waals surface area contributed by atoms with Crippen molar-refractivity contribution >= 4 is 0 Å². The van der Waals surface area contributed by atoms with Crippen LogP contribution >= 0.6 is 0 Å². The van der Waals surface area contributed by atoms with Crippen LogP contribution in [0.4, 0.5) is 26.3 Å². The minimum Gasteiger partial charge on any atom is -0.491 e. The van der Waals surface area contributed by atoms with Gasteiger partial charge >= 0.3 is 12.4 Å². The predicted molar refractivity (Wildman–Crippen MR) is 129 cm³/mol. The van der Waals surface area contributed by atoms with Crippen molar-refractivity contribution in [1.29, 1.82) is 0 Å². The maximum absolute atomic E-state index is 13.0. The van der Waals surface area contributed by atoms with Crippen LogP contribution in [-0.2, 0) is 14.9 Å². The third-order valence-electron chi connectivity index (χ3n) is 6.35. The van der Waals surface area contributed by atoms with Gasteiger partial charge in [0.1, 0.15) is 24.7 Å². The normalized spacial score (nSPS) is 20.4. The lowest BCUT2D eigenvalue weighted by molar-refractivity contribution is -0.297. The van der Waals surface area contributed by atoms with Gasteiger partial charge in [-0.15, -0.1) is 0 Å². The topological polar surface area (TPSA) is 84.0 Å². The Morgan fingerprint density at radius 2 is 1.10 bits per heavy atom. The summed E-state index contributed by atoms with van der Waals surface area (Å²) in [6, 6.07) is 11.3. The van der Waals surface area contributed by atoms with Gasteiger partial charge in [-0.1, -0.05) is 29.8 Å². The predicted octanol–water partition coefficient (Wildman–Crippen LogP) is 5.12. The molecule has 39 heavy (non-hydrogen) atoms. The number of ether oxygens (including phenoxy) is 4. The van der Waals surface area contributed by atoms with Crippen molar-refractivity contribution in [3.63, 3.8) is 0 Å². The molecule has 2 aliphatic heterocycles. The first kappa shape index (κ1) is 31.0. The lowest BCUT2D eigenvalue weighted by Gasteiger charge is -2.34. The molecule has 0 bridgehead atoms. The molecule has 0 saturated carbocycles. The molecule has 2 aromatic rings. The number of halogens is 6. The molecule has 4 atom stereocenters. The van der Waals surface area contributed by atoms with Gasteiger partial charge in [0, 0.05) is 12.8 Å². The van der Waals surface area contributed by atoms with Gasteiger partial charge in [-0.2, -0.15) is 26.3 Å². The molecule has 2 fully saturated rings. The molecule has 2 saturated heterocycles. The van der Waals surface area contributed by atoms with Crippen LogP contribution in [0, 0.1) is 6.92 Å². The Balaban J connectivity index is 0.000000239. The summed E-state index contributed by atoms with van der Waals surface area (Å²) in [5.41, 5.74) is -3.70. The summed E-state index contributed by atoms with van der Waals surface area (Å²) < 4.78 is 98.4. The molecule has 2 aromatic carbocycles. The van der Waals surface area contributed by atoms with Gasteiger partial charge in [0.15, 0.2) is 5.41 Å². The highest BCUT2D eigenvalue weighted by atomic mass is 19.4. The summed E-state index contributed by atoms with van der Waals surface area (Å²) in [6.07, 6.45) is -11.0. The van der Waals surface area contributed by atoms with Crippen LogP contribution in [0.25, 0.3) is 0 Å². The van der Waals surface area contributed by atoms with Gasteiger partial charge in [0.25, 0.3) is 0 Å². The van der Waals surface area contributed by atoms with Crippen molar-refractivity contribution < 1.29 is 55.5 Å². The summed E-state index contributed by atoms with van der Waals surface area (Å²) in [5.74, 6) is 0.873. The van der Waals surface area contributed by atoms with Crippen LogP contribution < -0.4 is 9.47 Å². The molecule has 0 aliphatic carbocycles. The van der Waals surface area contributed by atoms with Gasteiger partial charge in [-0.25, -0.2) is 0 Å². The summed E-state index contributed by atoms with van der Waals surface area (Å²) in [7, 11) is 0. The second-order valence-electron chi connectivity index (χ2n) is 9.77. The van der Waals surface area contributed by atoms with E-state index in [0.29, 0.717) is 26.1 Å². The second kappa shape index (κ2) is 12.8. The fourth-order valence-corrected chi connectivity index (χ4v) is 3.54. The molecule has 2 aliphatic rings. The number of hydrogen-bond donors (Lipinski definition) is 2. The van der Waals surface area contributed by atoms with Gasteiger partial charge in [0.2, 0.25) is 0 Å². The molecule has 0 radical (unpaired) electrons. The molecule has 0 aromatic heterocycles. The van der Waals surface area contributed by atoms with Crippen LogP contribution in [-0.4, -0.2) is 73.4 Å². The molecule has 2 N–H and O–H groups in total. The molecule has 0 amide bonds. The Morgan fingerprint density at radius 1 is 0.744 bits per heavy atom. The molecular formula is C27H32F6O6. The van der Waals surface area contributed by atoms with E-state index < -0.39 is 35.5 Å². The zero-order valence-corrected chi connectivity index (χ0v) is 21.5. The maximum atomic E-state index is 13.0. The molecular weight excluding hydrogens is 534 g/mol. The number of epoxide rings is 2. The summed E-state index contributed by atoms with van der Waals surface area (Å²) in [4.78, 5) is 0. The van der Waals surface area contributed by atoms with E-state index in [1.165, 1.54) is 5.56 Å². The van der Waals surface area contributed by atoms with Crippen LogP contribution in [0.2, 0.25) is 0 Å². The van der Waals surface area contributed by atoms with Crippen molar-refractivity contribution in [1.82, 2.24) is 0 Å². The van der Waals surface area contributed by atoms with Crippen LogP contribution in [0.15, 0.2) is 48.5 Å². The Labute approximate surface area is 222 Å². The van der Waals surface area contributed by atoms with E-state index >= 15 is 0 Å². The number of benzene rings is 2. The van der Waals surface area contributed by atoms with Gasteiger partial charge in [-0.05, 0) is 43.7 Å². The number of aliphatic hydroxyl groups excluding tert-OH is 2. The lowest BCUT2D eigenvalue weighted by Crippen LogP contribution is -2.51. The first-order valence-corrected chi connectivity index (χ1v) is 12.3. The van der Waals surface area contributed by atoms with E-state index in [4.69, 9.17) is 18.9 Å². The molecule has 4 rings (SSSR count). The lowest BCUT2D eigenvalue weighted by atomic mass is 9.81. The van der Waals surface area contributed by atoms with Crippen molar-refractivity contribution in [2.75, 3.05) is 26.4 Å². The van der Waals surface area contributed by atoms with Crippen molar-refractivity contribution in [2.24, 2.45) is 0 Å². The average molecular weight is 567 g/mol. The minimum absolute atomic E-state index is 0.0229. The Hall–Kier alpha value is -2.54. The fraction of sp³-hybridized carbons (Fsp3) is 0.556. The van der Waals surface area contributed by atoms with E-state index in [2.05, 4.69) is 0 Å². The van der Waals surface area contributed by atoms with Crippen molar-refractivity contribution in [3.05, 3.63) is 59.7 Å². The molecule has 2 heterocycles. The van der Waals surface area contributed by atoms with E-state index in [-0.39, 0.29) is 31.5 Å². The summed E-state index contributed by atoms with van der Waals surface area (Å²) >= 11 is 0. The first-order chi connectivity index (χ1) is 18.2. The molecule has 4 unspecified atom stereocenters. The number of aryl methyl sites for hydroxylation is 1. The van der Waals surface area contributed by atoms with Crippen molar-refractivity contribution in [3.8, 4) is 11.5 Å². The summed E-state index contributed by atoms with van der Waals surface area (Å²) in [5, 5.41) is 19.2. The Bertz CT molecular complexity index is 1000. The average Bonchev–Trinajstić information content (AvgIpc) is 3.79. The standard InChI is InChI=1S/C15H16F6O3.C12H16O3/c1-13(14(16,17)18,15(19,20)21)9-2-4-11(5-3-9)23-7-10(22)6-12-8-24-12;1-9-2-4-11(5-3-9)14-7-10(13)6-12-8-15-12/h2-5,10,12,22H,6-8H2,1H3;2-5,10,12-13H,6-8H2,1H3. The number of alkyl halides is 6. The molecule has 0 spiro atoms. The Morgan fingerprint density at radius 3 is 1.44 bits per heavy atom. The zero-order chi connectivity index (χ0) is 28.8. The van der Waals surface area contributed by atoms with Gasteiger partial charge < -0.3 is 29.2 Å². The Kier molecular flexibility index (Phi) is 10.1. The third-order valence-corrected chi connectivity index (χ3v) is 6.35. The quantitative estimate of drug-likeness (QED) is 0.290. The van der Waals surface area contributed by atoms with E-state index in [9.17, 15) is 36.6 Å². The van der Waals surface area contributed by atoms with Gasteiger partial charge in [0.05, 0.1) is 37.6 Å². The highest BCUT2D eigenvalue weighted by molar-refractivity contribution is 5.34. The van der Waals surface area contributed by atoms with Crippen molar-refractivity contribution in [2.45, 2.75) is 68.9 Å².